The van der Waals surface area contributed by atoms with E-state index in [2.05, 4.69) is 16.0 Å². The summed E-state index contributed by atoms with van der Waals surface area (Å²) in [6, 6.07) is 5.39. The van der Waals surface area contributed by atoms with Crippen molar-refractivity contribution >= 4 is 17.5 Å². The SMILES string of the molecule is O=C(CNC(=O)C1CNCCO1)Nc1ccc(F)cc1. The number of hydrogen-bond acceptors (Lipinski definition) is 4. The molecule has 0 radical (unpaired) electrons. The maximum Gasteiger partial charge on any atom is 0.250 e. The van der Waals surface area contributed by atoms with Crippen LogP contribution in [0.1, 0.15) is 0 Å². The summed E-state index contributed by atoms with van der Waals surface area (Å²) >= 11 is 0. The zero-order valence-electron chi connectivity index (χ0n) is 10.8. The minimum Gasteiger partial charge on any atom is -0.366 e. The molecule has 0 spiro atoms. The number of halogens is 1. The first-order valence-corrected chi connectivity index (χ1v) is 6.30. The van der Waals surface area contributed by atoms with Gasteiger partial charge >= 0.3 is 0 Å². The Hall–Kier alpha value is -1.99. The molecule has 1 aliphatic rings. The number of anilines is 1. The van der Waals surface area contributed by atoms with Crippen molar-refractivity contribution in [3.8, 4) is 0 Å². The van der Waals surface area contributed by atoms with Crippen molar-refractivity contribution in [2.24, 2.45) is 0 Å². The summed E-state index contributed by atoms with van der Waals surface area (Å²) in [4.78, 5) is 23.3. The summed E-state index contributed by atoms with van der Waals surface area (Å²) in [5.41, 5.74) is 0.473. The first kappa shape index (κ1) is 14.4. The third-order valence-corrected chi connectivity index (χ3v) is 2.77. The highest BCUT2D eigenvalue weighted by atomic mass is 19.1. The highest BCUT2D eigenvalue weighted by molar-refractivity contribution is 5.95. The number of benzene rings is 1. The van der Waals surface area contributed by atoms with Crippen molar-refractivity contribution < 1.29 is 18.7 Å². The van der Waals surface area contributed by atoms with Crippen LogP contribution in [-0.4, -0.2) is 44.2 Å². The second-order valence-corrected chi connectivity index (χ2v) is 4.34. The van der Waals surface area contributed by atoms with Gasteiger partial charge in [0.2, 0.25) is 5.91 Å². The monoisotopic (exact) mass is 281 g/mol. The lowest BCUT2D eigenvalue weighted by atomic mass is 10.3. The number of hydrogen-bond donors (Lipinski definition) is 3. The molecule has 1 unspecified atom stereocenters. The van der Waals surface area contributed by atoms with Crippen molar-refractivity contribution in [3.63, 3.8) is 0 Å². The molecule has 2 rings (SSSR count). The third-order valence-electron chi connectivity index (χ3n) is 2.77. The molecule has 0 aliphatic carbocycles. The van der Waals surface area contributed by atoms with Crippen molar-refractivity contribution in [2.75, 3.05) is 31.6 Å². The fourth-order valence-electron chi connectivity index (χ4n) is 1.75. The quantitative estimate of drug-likeness (QED) is 0.718. The fourth-order valence-corrected chi connectivity index (χ4v) is 1.75. The lowest BCUT2D eigenvalue weighted by Crippen LogP contribution is -2.49. The van der Waals surface area contributed by atoms with Crippen LogP contribution >= 0.6 is 0 Å². The first-order valence-electron chi connectivity index (χ1n) is 6.30. The lowest BCUT2D eigenvalue weighted by Gasteiger charge is -2.22. The molecule has 108 valence electrons. The molecular weight excluding hydrogens is 265 g/mol. The van der Waals surface area contributed by atoms with Gasteiger partial charge in [0, 0.05) is 18.8 Å². The van der Waals surface area contributed by atoms with Crippen molar-refractivity contribution in [1.82, 2.24) is 10.6 Å². The summed E-state index contributed by atoms with van der Waals surface area (Å²) in [7, 11) is 0. The van der Waals surface area contributed by atoms with Gasteiger partial charge < -0.3 is 20.7 Å². The van der Waals surface area contributed by atoms with Crippen molar-refractivity contribution in [3.05, 3.63) is 30.1 Å². The molecule has 3 N–H and O–H groups in total. The smallest absolute Gasteiger partial charge is 0.250 e. The summed E-state index contributed by atoms with van der Waals surface area (Å²) in [5, 5.41) is 8.07. The standard InChI is InChI=1S/C13H16FN3O3/c14-9-1-3-10(4-2-9)17-12(18)8-16-13(19)11-7-15-5-6-20-11/h1-4,11,15H,5-8H2,(H,16,19)(H,17,18). The van der Waals surface area contributed by atoms with Crippen LogP contribution in [0, 0.1) is 5.82 Å². The Kier molecular flexibility index (Phi) is 5.03. The van der Waals surface area contributed by atoms with E-state index in [0.29, 0.717) is 18.8 Å². The average molecular weight is 281 g/mol. The molecule has 1 aromatic carbocycles. The molecule has 7 heteroatoms. The van der Waals surface area contributed by atoms with E-state index in [0.717, 1.165) is 6.54 Å². The molecule has 6 nitrogen and oxygen atoms in total. The van der Waals surface area contributed by atoms with Gasteiger partial charge in [0.15, 0.2) is 0 Å². The van der Waals surface area contributed by atoms with E-state index in [1.807, 2.05) is 0 Å². The van der Waals surface area contributed by atoms with Crippen LogP contribution in [0.3, 0.4) is 0 Å². The molecule has 1 atom stereocenters. The fraction of sp³-hybridized carbons (Fsp3) is 0.385. The second kappa shape index (κ2) is 6.97. The maximum absolute atomic E-state index is 12.7. The van der Waals surface area contributed by atoms with Gasteiger partial charge in [0.05, 0.1) is 13.2 Å². The molecule has 1 fully saturated rings. The van der Waals surface area contributed by atoms with Crippen LogP contribution in [-0.2, 0) is 14.3 Å². The van der Waals surface area contributed by atoms with E-state index < -0.39 is 6.10 Å². The summed E-state index contributed by atoms with van der Waals surface area (Å²) in [6.07, 6.45) is -0.567. The normalized spacial score (nSPS) is 18.4. The van der Waals surface area contributed by atoms with Gasteiger partial charge in [-0.05, 0) is 24.3 Å². The predicted octanol–water partition coefficient (Wildman–Crippen LogP) is -0.131. The number of rotatable bonds is 4. The minimum atomic E-state index is -0.567. The molecule has 1 aliphatic heterocycles. The first-order chi connectivity index (χ1) is 9.65. The minimum absolute atomic E-state index is 0.157. The Balaban J connectivity index is 1.74. The van der Waals surface area contributed by atoms with Gasteiger partial charge in [-0.1, -0.05) is 0 Å². The van der Waals surface area contributed by atoms with Crippen molar-refractivity contribution in [2.45, 2.75) is 6.10 Å². The van der Waals surface area contributed by atoms with E-state index in [-0.39, 0.29) is 24.2 Å². The topological polar surface area (TPSA) is 79.5 Å². The van der Waals surface area contributed by atoms with Gasteiger partial charge in [-0.3, -0.25) is 9.59 Å². The largest absolute Gasteiger partial charge is 0.366 e. The summed E-state index contributed by atoms with van der Waals surface area (Å²) in [5.74, 6) is -1.08. The Morgan fingerprint density at radius 3 is 2.75 bits per heavy atom. The molecule has 1 heterocycles. The van der Waals surface area contributed by atoms with Crippen LogP contribution in [0.5, 0.6) is 0 Å². The highest BCUT2D eigenvalue weighted by Gasteiger charge is 2.21. The highest BCUT2D eigenvalue weighted by Crippen LogP contribution is 2.07. The van der Waals surface area contributed by atoms with E-state index in [4.69, 9.17) is 4.74 Å². The number of carbonyl (C=O) groups is 2. The molecule has 2 amide bonds. The molecule has 20 heavy (non-hydrogen) atoms. The van der Waals surface area contributed by atoms with Crippen LogP contribution in [0.4, 0.5) is 10.1 Å². The molecule has 1 saturated heterocycles. The van der Waals surface area contributed by atoms with Crippen LogP contribution in [0.2, 0.25) is 0 Å². The Morgan fingerprint density at radius 2 is 2.10 bits per heavy atom. The number of amides is 2. The summed E-state index contributed by atoms with van der Waals surface area (Å²) < 4.78 is 17.9. The maximum atomic E-state index is 12.7. The Morgan fingerprint density at radius 1 is 1.35 bits per heavy atom. The molecule has 0 aromatic heterocycles. The molecule has 0 bridgehead atoms. The molecular formula is C13H16FN3O3. The van der Waals surface area contributed by atoms with Crippen LogP contribution in [0.25, 0.3) is 0 Å². The third kappa shape index (κ3) is 4.29. The Bertz CT molecular complexity index is 472. The predicted molar refractivity (Wildman–Crippen MR) is 70.6 cm³/mol. The number of carbonyl (C=O) groups excluding carboxylic acids is 2. The zero-order valence-corrected chi connectivity index (χ0v) is 10.8. The van der Waals surface area contributed by atoms with E-state index in [9.17, 15) is 14.0 Å². The zero-order chi connectivity index (χ0) is 14.4. The lowest BCUT2D eigenvalue weighted by molar-refractivity contribution is -0.135. The van der Waals surface area contributed by atoms with Crippen molar-refractivity contribution in [1.29, 1.82) is 0 Å². The Labute approximate surface area is 115 Å². The number of ether oxygens (including phenoxy) is 1. The molecule has 0 saturated carbocycles. The molecule has 1 aromatic rings. The van der Waals surface area contributed by atoms with Gasteiger partial charge in [-0.25, -0.2) is 4.39 Å². The van der Waals surface area contributed by atoms with E-state index >= 15 is 0 Å². The number of morpholine rings is 1. The summed E-state index contributed by atoms with van der Waals surface area (Å²) in [6.45, 7) is 1.47. The van der Waals surface area contributed by atoms with Crippen LogP contribution in [0.15, 0.2) is 24.3 Å². The van der Waals surface area contributed by atoms with Gasteiger partial charge in [0.25, 0.3) is 5.91 Å². The van der Waals surface area contributed by atoms with Crippen LogP contribution < -0.4 is 16.0 Å². The van der Waals surface area contributed by atoms with E-state index in [1.165, 1.54) is 24.3 Å². The van der Waals surface area contributed by atoms with E-state index in [1.54, 1.807) is 0 Å². The average Bonchev–Trinajstić information content (AvgIpc) is 2.48. The van der Waals surface area contributed by atoms with Gasteiger partial charge in [-0.15, -0.1) is 0 Å². The second-order valence-electron chi connectivity index (χ2n) is 4.34. The van der Waals surface area contributed by atoms with Gasteiger partial charge in [-0.2, -0.15) is 0 Å². The number of nitrogens with one attached hydrogen (secondary N) is 3. The van der Waals surface area contributed by atoms with Gasteiger partial charge in [0.1, 0.15) is 11.9 Å².